The van der Waals surface area contributed by atoms with Gasteiger partial charge in [-0.3, -0.25) is 0 Å². The molecule has 1 aliphatic carbocycles. The number of hydrogen-bond acceptors (Lipinski definition) is 6. The Hall–Kier alpha value is -2.87. The van der Waals surface area contributed by atoms with Crippen LogP contribution in [-0.4, -0.2) is 16.0 Å². The minimum Gasteiger partial charge on any atom is -0.368 e. The number of nitrogens with zero attached hydrogens (tertiary/aromatic N) is 2. The van der Waals surface area contributed by atoms with Crippen LogP contribution in [0.2, 0.25) is 5.02 Å². The van der Waals surface area contributed by atoms with E-state index < -0.39 is 0 Å². The summed E-state index contributed by atoms with van der Waals surface area (Å²) >= 11 is 7.42. The van der Waals surface area contributed by atoms with Crippen LogP contribution in [0, 0.1) is 5.82 Å². The Morgan fingerprint density at radius 1 is 1.06 bits per heavy atom. The fourth-order valence-electron chi connectivity index (χ4n) is 4.22. The van der Waals surface area contributed by atoms with Crippen molar-refractivity contribution in [3.05, 3.63) is 77.2 Å². The zero-order chi connectivity index (χ0) is 25.5. The molecule has 0 radical (unpaired) electrons. The maximum Gasteiger partial charge on any atom is 0.220 e. The first-order valence-corrected chi connectivity index (χ1v) is 13.4. The molecule has 0 aliphatic heterocycles. The van der Waals surface area contributed by atoms with Crippen molar-refractivity contribution in [1.29, 1.82) is 0 Å². The third kappa shape index (κ3) is 6.66. The zero-order valence-electron chi connectivity index (χ0n) is 20.3. The number of aromatic nitrogens is 2. The molecule has 1 aromatic heterocycles. The van der Waals surface area contributed by atoms with E-state index in [4.69, 9.17) is 23.1 Å². The van der Waals surface area contributed by atoms with Crippen molar-refractivity contribution < 1.29 is 4.39 Å². The van der Waals surface area contributed by atoms with E-state index >= 15 is 0 Å². The van der Waals surface area contributed by atoms with E-state index in [0.717, 1.165) is 38.9 Å². The van der Waals surface area contributed by atoms with Crippen LogP contribution in [0.4, 0.5) is 16.0 Å². The number of halogens is 2. The number of nitrogen functional groups attached to an aromatic ring is 1. The highest BCUT2D eigenvalue weighted by Crippen LogP contribution is 2.32. The molecule has 0 spiro atoms. The minimum absolute atomic E-state index is 0.248. The summed E-state index contributed by atoms with van der Waals surface area (Å²) in [5.74, 6) is -0.0915. The molecule has 4 aromatic rings. The summed E-state index contributed by atoms with van der Waals surface area (Å²) in [5, 5.41) is 1.50. The molecule has 0 saturated heterocycles. The van der Waals surface area contributed by atoms with E-state index in [1.807, 2.05) is 36.4 Å². The van der Waals surface area contributed by atoms with Gasteiger partial charge in [0.05, 0.1) is 16.2 Å². The second kappa shape index (κ2) is 12.4. The molecule has 3 aromatic carbocycles. The molecule has 188 valence electrons. The molecule has 0 amide bonds. The van der Waals surface area contributed by atoms with Gasteiger partial charge >= 0.3 is 0 Å². The topological polar surface area (TPSA) is 89.8 Å². The average molecular weight is 524 g/mol. The molecule has 5 N–H and O–H groups in total. The van der Waals surface area contributed by atoms with Crippen LogP contribution in [0.5, 0.6) is 0 Å². The maximum absolute atomic E-state index is 14.7. The van der Waals surface area contributed by atoms with Crippen LogP contribution in [0.15, 0.2) is 65.7 Å². The Balaban J connectivity index is 0.000000375. The van der Waals surface area contributed by atoms with E-state index in [9.17, 15) is 4.39 Å². The van der Waals surface area contributed by atoms with Crippen molar-refractivity contribution in [2.24, 2.45) is 5.73 Å². The number of nitrogens with one attached hydrogen (secondary N) is 1. The quantitative estimate of drug-likeness (QED) is 0.233. The Morgan fingerprint density at radius 3 is 2.50 bits per heavy atom. The van der Waals surface area contributed by atoms with Gasteiger partial charge in [0.25, 0.3) is 0 Å². The molecule has 5 nitrogen and oxygen atoms in total. The number of rotatable bonds is 5. The summed E-state index contributed by atoms with van der Waals surface area (Å²) in [4.78, 5) is 9.25. The van der Waals surface area contributed by atoms with Crippen molar-refractivity contribution in [2.75, 3.05) is 10.5 Å². The van der Waals surface area contributed by atoms with Crippen LogP contribution in [0.1, 0.15) is 44.6 Å². The van der Waals surface area contributed by atoms with Crippen molar-refractivity contribution >= 4 is 46.1 Å². The van der Waals surface area contributed by atoms with Gasteiger partial charge in [0.2, 0.25) is 5.95 Å². The van der Waals surface area contributed by atoms with Crippen molar-refractivity contribution in [2.45, 2.75) is 56.4 Å². The summed E-state index contributed by atoms with van der Waals surface area (Å²) in [6, 6.07) is 17.1. The number of aryl methyl sites for hydroxylation is 1. The van der Waals surface area contributed by atoms with E-state index in [1.54, 1.807) is 18.3 Å². The second-order valence-electron chi connectivity index (χ2n) is 8.88. The van der Waals surface area contributed by atoms with Gasteiger partial charge in [0.15, 0.2) is 0 Å². The fourth-order valence-corrected chi connectivity index (χ4v) is 5.17. The Morgan fingerprint density at radius 2 is 1.83 bits per heavy atom. The highest BCUT2D eigenvalue weighted by atomic mass is 35.5. The van der Waals surface area contributed by atoms with Crippen LogP contribution in [0.3, 0.4) is 0 Å². The monoisotopic (exact) mass is 523 g/mol. The molecule has 1 heterocycles. The van der Waals surface area contributed by atoms with Crippen LogP contribution >= 0.6 is 23.5 Å². The smallest absolute Gasteiger partial charge is 0.220 e. The maximum atomic E-state index is 14.7. The normalized spacial score (nSPS) is 13.8. The lowest BCUT2D eigenvalue weighted by Gasteiger charge is -2.15. The third-order valence-electron chi connectivity index (χ3n) is 6.22. The standard InChI is InChI=1S/C22H18ClFN4S.C6H13N/c1-2-13-9-15(10-16-12-26-22(25)27-21(13)16)14-7-8-19(18(24)11-14)28-29-20-6-4-3-5-17(20)23;7-6-4-2-1-3-5-6/h3-12,28H,2H2,1H3,(H2,25,26,27);6H,1-5,7H2. The highest BCUT2D eigenvalue weighted by molar-refractivity contribution is 8.00. The zero-order valence-corrected chi connectivity index (χ0v) is 21.9. The van der Waals surface area contributed by atoms with Gasteiger partial charge in [-0.15, -0.1) is 0 Å². The van der Waals surface area contributed by atoms with E-state index in [2.05, 4.69) is 21.6 Å². The molecular weight excluding hydrogens is 493 g/mol. The number of hydrogen-bond donors (Lipinski definition) is 3. The molecule has 1 aliphatic rings. The summed E-state index contributed by atoms with van der Waals surface area (Å²) in [5.41, 5.74) is 15.3. The SMILES string of the molecule is CCc1cc(-c2ccc(NSc3ccccc3Cl)c(F)c2)cc2cnc(N)nc12.NC1CCCCC1. The number of fused-ring (bicyclic) bond motifs is 1. The summed E-state index contributed by atoms with van der Waals surface area (Å²) in [6.07, 6.45) is 9.15. The molecule has 0 unspecified atom stereocenters. The third-order valence-corrected chi connectivity index (χ3v) is 7.56. The first kappa shape index (κ1) is 26.2. The van der Waals surface area contributed by atoms with E-state index in [-0.39, 0.29) is 11.8 Å². The van der Waals surface area contributed by atoms with Crippen LogP contribution in [0.25, 0.3) is 22.0 Å². The lowest BCUT2D eigenvalue weighted by Crippen LogP contribution is -2.22. The van der Waals surface area contributed by atoms with Gasteiger partial charge in [-0.25, -0.2) is 14.4 Å². The number of nitrogens with two attached hydrogens (primary N) is 2. The lowest BCUT2D eigenvalue weighted by molar-refractivity contribution is 0.441. The molecule has 0 bridgehead atoms. The van der Waals surface area contributed by atoms with Gasteiger partial charge in [-0.2, -0.15) is 0 Å². The minimum atomic E-state index is -0.339. The van der Waals surface area contributed by atoms with E-state index in [1.165, 1.54) is 50.1 Å². The predicted molar refractivity (Wildman–Crippen MR) is 151 cm³/mol. The second-order valence-corrected chi connectivity index (χ2v) is 10.1. The summed E-state index contributed by atoms with van der Waals surface area (Å²) in [6.45, 7) is 2.05. The van der Waals surface area contributed by atoms with Crippen molar-refractivity contribution in [3.8, 4) is 11.1 Å². The first-order valence-electron chi connectivity index (χ1n) is 12.2. The first-order chi connectivity index (χ1) is 17.4. The van der Waals surface area contributed by atoms with Crippen LogP contribution < -0.4 is 16.2 Å². The molecule has 1 saturated carbocycles. The molecule has 8 heteroatoms. The summed E-state index contributed by atoms with van der Waals surface area (Å²) < 4.78 is 17.8. The van der Waals surface area contributed by atoms with Gasteiger partial charge in [-0.05, 0) is 84.3 Å². The molecule has 1 fully saturated rings. The number of anilines is 2. The lowest BCUT2D eigenvalue weighted by atomic mass is 9.97. The van der Waals surface area contributed by atoms with Gasteiger partial charge in [0, 0.05) is 22.5 Å². The Labute approximate surface area is 221 Å². The largest absolute Gasteiger partial charge is 0.368 e. The van der Waals surface area contributed by atoms with Gasteiger partial charge < -0.3 is 16.2 Å². The van der Waals surface area contributed by atoms with Gasteiger partial charge in [-0.1, -0.05) is 56.0 Å². The number of benzene rings is 3. The molecule has 5 rings (SSSR count). The Kier molecular flexibility index (Phi) is 9.02. The van der Waals surface area contributed by atoms with Crippen molar-refractivity contribution in [3.63, 3.8) is 0 Å². The molecule has 0 atom stereocenters. The van der Waals surface area contributed by atoms with Crippen LogP contribution in [-0.2, 0) is 6.42 Å². The molecular formula is C28H31ClFN5S. The Bertz CT molecular complexity index is 1330. The highest BCUT2D eigenvalue weighted by Gasteiger charge is 2.11. The average Bonchev–Trinajstić information content (AvgIpc) is 2.89. The predicted octanol–water partition coefficient (Wildman–Crippen LogP) is 7.63. The van der Waals surface area contributed by atoms with Crippen molar-refractivity contribution in [1.82, 2.24) is 9.97 Å². The van der Waals surface area contributed by atoms with Gasteiger partial charge in [0.1, 0.15) is 5.82 Å². The van der Waals surface area contributed by atoms with E-state index in [0.29, 0.717) is 16.8 Å². The summed E-state index contributed by atoms with van der Waals surface area (Å²) in [7, 11) is 0. The fraction of sp³-hybridized carbons (Fsp3) is 0.286. The molecule has 36 heavy (non-hydrogen) atoms.